The summed E-state index contributed by atoms with van der Waals surface area (Å²) < 4.78 is 6.95. The van der Waals surface area contributed by atoms with Gasteiger partial charge in [-0.2, -0.15) is 0 Å². The van der Waals surface area contributed by atoms with Crippen LogP contribution in [0.3, 0.4) is 0 Å². The second-order valence-electron chi connectivity index (χ2n) is 7.08. The highest BCUT2D eigenvalue weighted by atomic mass is 32.1. The second kappa shape index (κ2) is 9.01. The van der Waals surface area contributed by atoms with E-state index in [0.29, 0.717) is 37.6 Å². The van der Waals surface area contributed by atoms with Crippen LogP contribution in [0.25, 0.3) is 10.1 Å². The monoisotopic (exact) mass is 405 g/mol. The molecule has 4 rings (SSSR count). The molecule has 0 saturated carbocycles. The van der Waals surface area contributed by atoms with Crippen LogP contribution >= 0.6 is 11.3 Å². The van der Waals surface area contributed by atoms with Crippen LogP contribution in [0.2, 0.25) is 0 Å². The molecule has 0 aliphatic rings. The molecule has 148 valence electrons. The molecular weight excluding hydrogens is 382 g/mol. The number of hydrogen-bond donors (Lipinski definition) is 0. The first-order chi connectivity index (χ1) is 14.2. The fraction of sp³-hybridized carbons (Fsp3) is 0.261. The van der Waals surface area contributed by atoms with Crippen molar-refractivity contribution in [3.63, 3.8) is 0 Å². The maximum Gasteiger partial charge on any atom is 0.223 e. The minimum Gasteiger partial charge on any atom is -0.425 e. The number of carbonyl (C=O) groups excluding carboxylic acids is 1. The smallest absolute Gasteiger partial charge is 0.223 e. The van der Waals surface area contributed by atoms with Crippen molar-refractivity contribution in [3.05, 3.63) is 82.9 Å². The molecule has 0 radical (unpaired) electrons. The normalized spacial score (nSPS) is 11.1. The lowest BCUT2D eigenvalue weighted by atomic mass is 10.1. The minimum atomic E-state index is 0.0755. The molecule has 0 aliphatic heterocycles. The van der Waals surface area contributed by atoms with Crippen LogP contribution in [-0.4, -0.2) is 28.1 Å². The molecule has 2 heterocycles. The average Bonchev–Trinajstić information content (AvgIpc) is 3.37. The van der Waals surface area contributed by atoms with Gasteiger partial charge in [-0.3, -0.25) is 4.79 Å². The number of carbonyl (C=O) groups is 1. The van der Waals surface area contributed by atoms with E-state index < -0.39 is 0 Å². The third-order valence-electron chi connectivity index (χ3n) is 4.83. The molecule has 1 amide bonds. The summed E-state index contributed by atoms with van der Waals surface area (Å²) in [6, 6.07) is 20.7. The zero-order valence-corrected chi connectivity index (χ0v) is 17.2. The summed E-state index contributed by atoms with van der Waals surface area (Å²) in [5, 5.41) is 9.42. The predicted molar refractivity (Wildman–Crippen MR) is 115 cm³/mol. The van der Waals surface area contributed by atoms with Gasteiger partial charge in [0.15, 0.2) is 0 Å². The largest absolute Gasteiger partial charge is 0.425 e. The van der Waals surface area contributed by atoms with Gasteiger partial charge < -0.3 is 9.32 Å². The maximum absolute atomic E-state index is 12.5. The predicted octanol–water partition coefficient (Wildman–Crippen LogP) is 4.66. The van der Waals surface area contributed by atoms with E-state index in [-0.39, 0.29) is 5.91 Å². The number of thiophene rings is 1. The van der Waals surface area contributed by atoms with Gasteiger partial charge in [0.2, 0.25) is 17.7 Å². The van der Waals surface area contributed by atoms with Gasteiger partial charge >= 0.3 is 0 Å². The molecule has 0 unspecified atom stereocenters. The van der Waals surface area contributed by atoms with E-state index in [0.717, 1.165) is 6.42 Å². The second-order valence-corrected chi connectivity index (χ2v) is 8.24. The number of benzene rings is 2. The summed E-state index contributed by atoms with van der Waals surface area (Å²) in [7, 11) is 1.84. The van der Waals surface area contributed by atoms with Crippen molar-refractivity contribution in [2.75, 3.05) is 7.05 Å². The Morgan fingerprint density at radius 1 is 0.966 bits per heavy atom. The zero-order chi connectivity index (χ0) is 20.1. The van der Waals surface area contributed by atoms with Crippen LogP contribution in [-0.2, 0) is 30.6 Å². The van der Waals surface area contributed by atoms with Crippen LogP contribution in [0.1, 0.15) is 28.6 Å². The molecule has 0 spiro atoms. The van der Waals surface area contributed by atoms with Crippen LogP contribution in [0.4, 0.5) is 0 Å². The Bertz CT molecular complexity index is 1050. The van der Waals surface area contributed by atoms with Crippen molar-refractivity contribution in [1.82, 2.24) is 15.1 Å². The summed E-state index contributed by atoms with van der Waals surface area (Å²) in [5.41, 5.74) is 1.24. The molecule has 4 aromatic rings. The van der Waals surface area contributed by atoms with E-state index in [1.165, 1.54) is 20.5 Å². The standard InChI is InChI=1S/C23H23N3O2S/c1-26(16-19-15-18-9-5-6-10-20(18)29-19)23(27)14-13-22-25-24-21(28-22)12-11-17-7-3-2-4-8-17/h2-10,15H,11-14,16H2,1H3. The number of aryl methyl sites for hydroxylation is 3. The fourth-order valence-electron chi connectivity index (χ4n) is 3.23. The third kappa shape index (κ3) is 5.09. The van der Waals surface area contributed by atoms with Gasteiger partial charge in [0.1, 0.15) is 0 Å². The van der Waals surface area contributed by atoms with E-state index >= 15 is 0 Å². The Kier molecular flexibility index (Phi) is 6.00. The van der Waals surface area contributed by atoms with E-state index in [1.807, 2.05) is 37.4 Å². The third-order valence-corrected chi connectivity index (χ3v) is 5.93. The Balaban J connectivity index is 1.26. The first kappa shape index (κ1) is 19.3. The van der Waals surface area contributed by atoms with Crippen molar-refractivity contribution >= 4 is 27.3 Å². The topological polar surface area (TPSA) is 59.2 Å². The lowest BCUT2D eigenvalue weighted by Gasteiger charge is -2.15. The number of aromatic nitrogens is 2. The van der Waals surface area contributed by atoms with Gasteiger partial charge in [0.25, 0.3) is 0 Å². The van der Waals surface area contributed by atoms with Gasteiger partial charge in [-0.15, -0.1) is 21.5 Å². The van der Waals surface area contributed by atoms with E-state index in [9.17, 15) is 4.79 Å². The van der Waals surface area contributed by atoms with Gasteiger partial charge in [-0.1, -0.05) is 48.5 Å². The highest BCUT2D eigenvalue weighted by molar-refractivity contribution is 7.19. The molecule has 6 heteroatoms. The van der Waals surface area contributed by atoms with Crippen molar-refractivity contribution < 1.29 is 9.21 Å². The summed E-state index contributed by atoms with van der Waals surface area (Å²) in [5.74, 6) is 1.22. The minimum absolute atomic E-state index is 0.0755. The van der Waals surface area contributed by atoms with Crippen LogP contribution < -0.4 is 0 Å². The molecule has 0 saturated heterocycles. The molecule has 0 N–H and O–H groups in total. The first-order valence-electron chi connectivity index (χ1n) is 9.74. The van der Waals surface area contributed by atoms with Crippen molar-refractivity contribution in [2.24, 2.45) is 0 Å². The Morgan fingerprint density at radius 2 is 1.69 bits per heavy atom. The van der Waals surface area contributed by atoms with E-state index in [2.05, 4.69) is 40.5 Å². The SMILES string of the molecule is CN(Cc1cc2ccccc2s1)C(=O)CCc1nnc(CCc2ccccc2)o1. The maximum atomic E-state index is 12.5. The summed E-state index contributed by atoms with van der Waals surface area (Å²) in [6.07, 6.45) is 2.39. The van der Waals surface area contributed by atoms with Crippen LogP contribution in [0.5, 0.6) is 0 Å². The van der Waals surface area contributed by atoms with Gasteiger partial charge in [0, 0.05) is 35.9 Å². The first-order valence-corrected chi connectivity index (χ1v) is 10.6. The molecule has 0 bridgehead atoms. The Labute approximate surface area is 174 Å². The number of nitrogens with zero attached hydrogens (tertiary/aromatic N) is 3. The van der Waals surface area contributed by atoms with Gasteiger partial charge in [0.05, 0.1) is 6.54 Å². The summed E-state index contributed by atoms with van der Waals surface area (Å²) in [6.45, 7) is 0.615. The molecule has 2 aromatic carbocycles. The summed E-state index contributed by atoms with van der Waals surface area (Å²) >= 11 is 1.73. The van der Waals surface area contributed by atoms with Gasteiger partial charge in [-0.25, -0.2) is 0 Å². The van der Waals surface area contributed by atoms with E-state index in [4.69, 9.17) is 4.42 Å². The molecule has 29 heavy (non-hydrogen) atoms. The highest BCUT2D eigenvalue weighted by Crippen LogP contribution is 2.26. The Morgan fingerprint density at radius 3 is 2.48 bits per heavy atom. The average molecular weight is 406 g/mol. The summed E-state index contributed by atoms with van der Waals surface area (Å²) in [4.78, 5) is 15.4. The van der Waals surface area contributed by atoms with Crippen LogP contribution in [0, 0.1) is 0 Å². The number of fused-ring (bicyclic) bond motifs is 1. The van der Waals surface area contributed by atoms with Crippen molar-refractivity contribution in [1.29, 1.82) is 0 Å². The molecule has 5 nitrogen and oxygen atoms in total. The molecule has 0 aliphatic carbocycles. The molecule has 2 aromatic heterocycles. The van der Waals surface area contributed by atoms with Crippen molar-refractivity contribution in [3.8, 4) is 0 Å². The number of hydrogen-bond acceptors (Lipinski definition) is 5. The molecule has 0 fully saturated rings. The lowest BCUT2D eigenvalue weighted by molar-refractivity contribution is -0.130. The zero-order valence-electron chi connectivity index (χ0n) is 16.4. The number of amides is 1. The highest BCUT2D eigenvalue weighted by Gasteiger charge is 2.14. The quantitative estimate of drug-likeness (QED) is 0.428. The lowest BCUT2D eigenvalue weighted by Crippen LogP contribution is -2.26. The van der Waals surface area contributed by atoms with Gasteiger partial charge in [-0.05, 0) is 29.5 Å². The van der Waals surface area contributed by atoms with E-state index in [1.54, 1.807) is 16.2 Å². The van der Waals surface area contributed by atoms with Crippen LogP contribution in [0.15, 0.2) is 65.1 Å². The fourth-order valence-corrected chi connectivity index (χ4v) is 4.35. The molecule has 0 atom stereocenters. The number of rotatable bonds is 8. The molecular formula is C23H23N3O2S. The van der Waals surface area contributed by atoms with Crippen molar-refractivity contribution in [2.45, 2.75) is 32.2 Å². The Hall–Kier alpha value is -2.99.